The summed E-state index contributed by atoms with van der Waals surface area (Å²) in [5, 5.41) is 0. The Balaban J connectivity index is 0.00000144. The van der Waals surface area contributed by atoms with Crippen molar-refractivity contribution in [3.05, 3.63) is 29.8 Å². The molecule has 3 aliphatic rings. The van der Waals surface area contributed by atoms with Crippen molar-refractivity contribution in [3.63, 3.8) is 0 Å². The second kappa shape index (κ2) is 6.21. The van der Waals surface area contributed by atoms with Crippen molar-refractivity contribution < 1.29 is 4.79 Å². The Labute approximate surface area is 138 Å². The fraction of sp³-hybridized carbons (Fsp3) is 0.611. The van der Waals surface area contributed by atoms with Crippen molar-refractivity contribution in [3.8, 4) is 0 Å². The minimum absolute atomic E-state index is 0. The molecule has 0 spiro atoms. The van der Waals surface area contributed by atoms with Crippen LogP contribution in [0.25, 0.3) is 0 Å². The number of hydrogen-bond donors (Lipinski definition) is 1. The predicted molar refractivity (Wildman–Crippen MR) is 91.3 cm³/mol. The van der Waals surface area contributed by atoms with Crippen molar-refractivity contribution >= 4 is 24.0 Å². The van der Waals surface area contributed by atoms with Gasteiger partial charge in [0.15, 0.2) is 0 Å². The zero-order chi connectivity index (χ0) is 14.4. The number of nitrogens with two attached hydrogens (primary N) is 1. The van der Waals surface area contributed by atoms with Gasteiger partial charge < -0.3 is 10.6 Å². The third-order valence-electron chi connectivity index (χ3n) is 5.92. The van der Waals surface area contributed by atoms with Gasteiger partial charge >= 0.3 is 0 Å². The Kier molecular flexibility index (Phi) is 4.47. The molecule has 0 saturated heterocycles. The number of fused-ring (bicyclic) bond motifs is 3. The molecular weight excluding hydrogens is 296 g/mol. The number of amides is 1. The molecule has 1 aliphatic heterocycles. The van der Waals surface area contributed by atoms with Crippen molar-refractivity contribution in [2.75, 3.05) is 11.4 Å². The number of anilines is 1. The molecule has 2 unspecified atom stereocenters. The number of hydrogen-bond acceptors (Lipinski definition) is 2. The third kappa shape index (κ3) is 2.55. The average molecular weight is 321 g/mol. The van der Waals surface area contributed by atoms with Crippen molar-refractivity contribution in [1.29, 1.82) is 0 Å². The minimum Gasteiger partial charge on any atom is -0.327 e. The largest absolute Gasteiger partial charge is 0.327 e. The molecule has 2 fully saturated rings. The first kappa shape index (κ1) is 15.8. The molecule has 120 valence electrons. The first-order valence-corrected chi connectivity index (χ1v) is 8.39. The molecule has 0 radical (unpaired) electrons. The van der Waals surface area contributed by atoms with E-state index in [2.05, 4.69) is 18.2 Å². The molecule has 2 saturated carbocycles. The average Bonchev–Trinajstić information content (AvgIpc) is 2.90. The van der Waals surface area contributed by atoms with Crippen LogP contribution in [0.4, 0.5) is 5.69 Å². The second-order valence-electron chi connectivity index (χ2n) is 7.07. The minimum atomic E-state index is 0. The van der Waals surface area contributed by atoms with Crippen LogP contribution < -0.4 is 10.6 Å². The van der Waals surface area contributed by atoms with Gasteiger partial charge in [0.05, 0.1) is 0 Å². The number of halogens is 1. The van der Waals surface area contributed by atoms with E-state index in [0.29, 0.717) is 23.8 Å². The number of nitrogens with zero attached hydrogens (tertiary/aromatic N) is 1. The van der Waals surface area contributed by atoms with Crippen LogP contribution in [-0.4, -0.2) is 18.5 Å². The summed E-state index contributed by atoms with van der Waals surface area (Å²) in [7, 11) is 0. The Morgan fingerprint density at radius 3 is 2.55 bits per heavy atom. The highest BCUT2D eigenvalue weighted by atomic mass is 35.5. The summed E-state index contributed by atoms with van der Waals surface area (Å²) in [5.41, 5.74) is 8.81. The maximum absolute atomic E-state index is 13.0. The molecular formula is C18H25ClN2O. The van der Waals surface area contributed by atoms with Crippen molar-refractivity contribution in [1.82, 2.24) is 0 Å². The number of benzene rings is 1. The molecule has 0 aromatic heterocycles. The molecule has 2 aliphatic carbocycles. The predicted octanol–water partition coefficient (Wildman–Crippen LogP) is 3.15. The summed E-state index contributed by atoms with van der Waals surface area (Å²) in [4.78, 5) is 15.0. The maximum atomic E-state index is 13.0. The molecule has 2 bridgehead atoms. The Hall–Kier alpha value is -1.06. The van der Waals surface area contributed by atoms with E-state index in [0.717, 1.165) is 31.5 Å². The monoisotopic (exact) mass is 320 g/mol. The zero-order valence-electron chi connectivity index (χ0n) is 12.9. The first-order chi connectivity index (χ1) is 10.2. The Morgan fingerprint density at radius 1 is 1.14 bits per heavy atom. The molecule has 22 heavy (non-hydrogen) atoms. The highest BCUT2D eigenvalue weighted by Gasteiger charge is 2.42. The SMILES string of the molecule is Cl.NC1C2CCCC1CC(C(=O)N1CCc3ccccc31)C2. The summed E-state index contributed by atoms with van der Waals surface area (Å²) in [6.45, 7) is 0.857. The molecule has 1 amide bonds. The second-order valence-corrected chi connectivity index (χ2v) is 7.07. The quantitative estimate of drug-likeness (QED) is 0.864. The van der Waals surface area contributed by atoms with Crippen LogP contribution in [0.5, 0.6) is 0 Å². The fourth-order valence-corrected chi connectivity index (χ4v) is 4.78. The molecule has 1 aromatic carbocycles. The van der Waals surface area contributed by atoms with E-state index in [9.17, 15) is 4.79 Å². The number of para-hydroxylation sites is 1. The highest BCUT2D eigenvalue weighted by Crippen LogP contribution is 2.43. The van der Waals surface area contributed by atoms with Gasteiger partial charge in [0.25, 0.3) is 0 Å². The first-order valence-electron chi connectivity index (χ1n) is 8.39. The number of carbonyl (C=O) groups excluding carboxylic acids is 1. The molecule has 2 N–H and O–H groups in total. The van der Waals surface area contributed by atoms with Gasteiger partial charge in [0, 0.05) is 24.2 Å². The lowest BCUT2D eigenvalue weighted by molar-refractivity contribution is -0.125. The molecule has 1 heterocycles. The molecule has 4 heteroatoms. The van der Waals surface area contributed by atoms with Gasteiger partial charge in [0.2, 0.25) is 5.91 Å². The van der Waals surface area contributed by atoms with Gasteiger partial charge in [-0.15, -0.1) is 12.4 Å². The van der Waals surface area contributed by atoms with Gasteiger partial charge in [-0.05, 0) is 55.6 Å². The summed E-state index contributed by atoms with van der Waals surface area (Å²) >= 11 is 0. The van der Waals surface area contributed by atoms with Crippen LogP contribution in [0.2, 0.25) is 0 Å². The lowest BCUT2D eigenvalue weighted by atomic mass is 9.65. The Bertz CT molecular complexity index is 548. The zero-order valence-corrected chi connectivity index (χ0v) is 13.7. The molecule has 2 atom stereocenters. The number of carbonyl (C=O) groups is 1. The smallest absolute Gasteiger partial charge is 0.230 e. The van der Waals surface area contributed by atoms with Crippen molar-refractivity contribution in [2.45, 2.75) is 44.6 Å². The van der Waals surface area contributed by atoms with Crippen LogP contribution in [0, 0.1) is 17.8 Å². The summed E-state index contributed by atoms with van der Waals surface area (Å²) < 4.78 is 0. The van der Waals surface area contributed by atoms with Gasteiger partial charge in [-0.3, -0.25) is 4.79 Å². The van der Waals surface area contributed by atoms with Crippen LogP contribution in [-0.2, 0) is 11.2 Å². The Morgan fingerprint density at radius 2 is 1.82 bits per heavy atom. The summed E-state index contributed by atoms with van der Waals surface area (Å²) in [6, 6.07) is 8.69. The maximum Gasteiger partial charge on any atom is 0.230 e. The third-order valence-corrected chi connectivity index (χ3v) is 5.92. The van der Waals surface area contributed by atoms with Gasteiger partial charge in [-0.1, -0.05) is 24.6 Å². The van der Waals surface area contributed by atoms with Gasteiger partial charge in [-0.25, -0.2) is 0 Å². The van der Waals surface area contributed by atoms with Crippen LogP contribution in [0.15, 0.2) is 24.3 Å². The lowest BCUT2D eigenvalue weighted by Crippen LogP contribution is -2.49. The van der Waals surface area contributed by atoms with Crippen LogP contribution >= 0.6 is 12.4 Å². The van der Waals surface area contributed by atoms with E-state index in [-0.39, 0.29) is 18.3 Å². The fourth-order valence-electron chi connectivity index (χ4n) is 4.78. The van der Waals surface area contributed by atoms with Crippen molar-refractivity contribution in [2.24, 2.45) is 23.5 Å². The highest BCUT2D eigenvalue weighted by molar-refractivity contribution is 5.97. The van der Waals surface area contributed by atoms with E-state index < -0.39 is 0 Å². The van der Waals surface area contributed by atoms with Crippen LogP contribution in [0.3, 0.4) is 0 Å². The number of rotatable bonds is 1. The van der Waals surface area contributed by atoms with E-state index in [1.165, 1.54) is 24.8 Å². The van der Waals surface area contributed by atoms with E-state index >= 15 is 0 Å². The van der Waals surface area contributed by atoms with E-state index in [1.54, 1.807) is 0 Å². The molecule has 1 aromatic rings. The topological polar surface area (TPSA) is 46.3 Å². The standard InChI is InChI=1S/C18H24N2O.ClH/c19-17-13-5-3-6-14(17)11-15(10-13)18(21)20-9-8-12-4-1-2-7-16(12)20;/h1-2,4,7,13-15,17H,3,5-6,8-11,19H2;1H. The summed E-state index contributed by atoms with van der Waals surface area (Å²) in [5.74, 6) is 1.70. The van der Waals surface area contributed by atoms with E-state index in [4.69, 9.17) is 5.73 Å². The van der Waals surface area contributed by atoms with Gasteiger partial charge in [0.1, 0.15) is 0 Å². The molecule has 4 rings (SSSR count). The molecule has 3 nitrogen and oxygen atoms in total. The normalized spacial score (nSPS) is 33.0. The van der Waals surface area contributed by atoms with Crippen LogP contribution in [0.1, 0.15) is 37.7 Å². The van der Waals surface area contributed by atoms with E-state index in [1.807, 2.05) is 11.0 Å². The lowest BCUT2D eigenvalue weighted by Gasteiger charge is -2.44. The summed E-state index contributed by atoms with van der Waals surface area (Å²) in [6.07, 6.45) is 6.76. The van der Waals surface area contributed by atoms with Gasteiger partial charge in [-0.2, -0.15) is 0 Å².